The second-order valence-corrected chi connectivity index (χ2v) is 4.25. The van der Waals surface area contributed by atoms with Gasteiger partial charge in [-0.05, 0) is 30.8 Å². The van der Waals surface area contributed by atoms with Crippen LogP contribution >= 0.6 is 11.8 Å². The van der Waals surface area contributed by atoms with E-state index in [1.165, 1.54) is 13.0 Å². The highest BCUT2D eigenvalue weighted by molar-refractivity contribution is 8.00. The first kappa shape index (κ1) is 15.3. The average Bonchev–Trinajstić information content (AvgIpc) is 2.30. The summed E-state index contributed by atoms with van der Waals surface area (Å²) >= 11 is -0.777. The Bertz CT molecular complexity index is 537. The van der Waals surface area contributed by atoms with Crippen molar-refractivity contribution >= 4 is 17.7 Å². The second-order valence-electron chi connectivity index (χ2n) is 3.18. The zero-order chi connectivity index (χ0) is 14.6. The van der Waals surface area contributed by atoms with Crippen LogP contribution in [0.1, 0.15) is 22.8 Å². The highest BCUT2D eigenvalue weighted by atomic mass is 32.2. The summed E-state index contributed by atoms with van der Waals surface area (Å²) in [5, 5.41) is 8.83. The van der Waals surface area contributed by atoms with Crippen LogP contribution < -0.4 is 0 Å². The van der Waals surface area contributed by atoms with Crippen LogP contribution in [0.2, 0.25) is 0 Å². The maximum absolute atomic E-state index is 13.4. The Hall–Kier alpha value is -1.75. The number of thioether (sulfide) groups is 1. The molecule has 0 unspecified atom stereocenters. The van der Waals surface area contributed by atoms with E-state index in [0.29, 0.717) is 6.07 Å². The van der Waals surface area contributed by atoms with Gasteiger partial charge in [0.2, 0.25) is 0 Å². The SMILES string of the molecule is CCOC(=O)c1ccc(F)c(SC(F)(F)F)c1C#N. The van der Waals surface area contributed by atoms with Crippen molar-refractivity contribution in [3.63, 3.8) is 0 Å². The summed E-state index contributed by atoms with van der Waals surface area (Å²) in [5.41, 5.74) is -5.84. The van der Waals surface area contributed by atoms with Gasteiger partial charge in [0.25, 0.3) is 0 Å². The number of esters is 1. The summed E-state index contributed by atoms with van der Waals surface area (Å²) in [6.07, 6.45) is 0. The number of hydrogen-bond acceptors (Lipinski definition) is 4. The smallest absolute Gasteiger partial charge is 0.446 e. The molecule has 0 spiro atoms. The Labute approximate surface area is 110 Å². The molecule has 0 atom stereocenters. The zero-order valence-electron chi connectivity index (χ0n) is 9.55. The highest BCUT2D eigenvalue weighted by Gasteiger charge is 2.33. The van der Waals surface area contributed by atoms with Crippen LogP contribution in [-0.2, 0) is 4.74 Å². The number of nitriles is 1. The van der Waals surface area contributed by atoms with Gasteiger partial charge in [-0.1, -0.05) is 0 Å². The third-order valence-electron chi connectivity index (χ3n) is 1.93. The minimum Gasteiger partial charge on any atom is -0.462 e. The first-order valence-electron chi connectivity index (χ1n) is 4.95. The molecule has 3 nitrogen and oxygen atoms in total. The third-order valence-corrected chi connectivity index (χ3v) is 2.77. The molecule has 0 aromatic heterocycles. The Morgan fingerprint density at radius 3 is 2.58 bits per heavy atom. The van der Waals surface area contributed by atoms with Crippen molar-refractivity contribution in [3.05, 3.63) is 29.1 Å². The van der Waals surface area contributed by atoms with Gasteiger partial charge in [-0.3, -0.25) is 0 Å². The summed E-state index contributed by atoms with van der Waals surface area (Å²) in [5.74, 6) is -2.19. The number of halogens is 4. The van der Waals surface area contributed by atoms with E-state index in [2.05, 4.69) is 4.74 Å². The molecule has 1 aromatic carbocycles. The van der Waals surface area contributed by atoms with E-state index < -0.39 is 45.1 Å². The lowest BCUT2D eigenvalue weighted by molar-refractivity contribution is -0.0329. The first-order valence-corrected chi connectivity index (χ1v) is 5.77. The summed E-state index contributed by atoms with van der Waals surface area (Å²) in [6, 6.07) is 3.02. The fourth-order valence-corrected chi connectivity index (χ4v) is 1.92. The van der Waals surface area contributed by atoms with Crippen molar-refractivity contribution in [3.8, 4) is 6.07 Å². The number of ether oxygens (including phenoxy) is 1. The summed E-state index contributed by atoms with van der Waals surface area (Å²) < 4.78 is 54.8. The monoisotopic (exact) mass is 293 g/mol. The number of nitrogens with zero attached hydrogens (tertiary/aromatic N) is 1. The van der Waals surface area contributed by atoms with Gasteiger partial charge < -0.3 is 4.74 Å². The molecule has 19 heavy (non-hydrogen) atoms. The zero-order valence-corrected chi connectivity index (χ0v) is 10.4. The number of rotatable bonds is 3. The number of carbonyl (C=O) groups excluding carboxylic acids is 1. The van der Waals surface area contributed by atoms with Crippen LogP contribution in [0.25, 0.3) is 0 Å². The van der Waals surface area contributed by atoms with Crippen LogP contribution in [0.3, 0.4) is 0 Å². The minimum atomic E-state index is -4.76. The molecule has 8 heteroatoms. The topological polar surface area (TPSA) is 50.1 Å². The number of benzene rings is 1. The number of hydrogen-bond donors (Lipinski definition) is 0. The van der Waals surface area contributed by atoms with Gasteiger partial charge in [0.15, 0.2) is 0 Å². The van der Waals surface area contributed by atoms with Gasteiger partial charge in [0, 0.05) is 0 Å². The van der Waals surface area contributed by atoms with Crippen molar-refractivity contribution in [2.45, 2.75) is 17.3 Å². The number of alkyl halides is 3. The molecule has 0 saturated carbocycles. The molecular weight excluding hydrogens is 286 g/mol. The molecule has 0 N–H and O–H groups in total. The van der Waals surface area contributed by atoms with E-state index >= 15 is 0 Å². The van der Waals surface area contributed by atoms with Gasteiger partial charge in [0.1, 0.15) is 11.9 Å². The fourth-order valence-electron chi connectivity index (χ4n) is 1.26. The van der Waals surface area contributed by atoms with Crippen molar-refractivity contribution in [2.75, 3.05) is 6.61 Å². The van der Waals surface area contributed by atoms with E-state index in [0.717, 1.165) is 6.07 Å². The van der Waals surface area contributed by atoms with Crippen molar-refractivity contribution in [2.24, 2.45) is 0 Å². The van der Waals surface area contributed by atoms with Crippen LogP contribution in [0, 0.1) is 17.1 Å². The van der Waals surface area contributed by atoms with E-state index in [-0.39, 0.29) is 6.61 Å². The van der Waals surface area contributed by atoms with E-state index in [1.54, 1.807) is 0 Å². The van der Waals surface area contributed by atoms with E-state index in [1.807, 2.05) is 0 Å². The molecule has 102 valence electrons. The first-order chi connectivity index (χ1) is 8.80. The Morgan fingerprint density at radius 2 is 2.11 bits per heavy atom. The predicted octanol–water partition coefficient (Wildman–Crippen LogP) is 3.49. The van der Waals surface area contributed by atoms with Gasteiger partial charge in [0.05, 0.1) is 22.6 Å². The van der Waals surface area contributed by atoms with E-state index in [9.17, 15) is 22.4 Å². The molecule has 0 aliphatic carbocycles. The second kappa shape index (κ2) is 5.93. The van der Waals surface area contributed by atoms with Gasteiger partial charge in [-0.25, -0.2) is 9.18 Å². The van der Waals surface area contributed by atoms with Gasteiger partial charge >= 0.3 is 11.5 Å². The van der Waals surface area contributed by atoms with Crippen molar-refractivity contribution in [1.82, 2.24) is 0 Å². The van der Waals surface area contributed by atoms with Crippen molar-refractivity contribution < 1.29 is 27.1 Å². The Morgan fingerprint density at radius 1 is 1.47 bits per heavy atom. The molecule has 0 aliphatic rings. The molecule has 0 bridgehead atoms. The lowest BCUT2D eigenvalue weighted by Gasteiger charge is -2.11. The quantitative estimate of drug-likeness (QED) is 0.486. The van der Waals surface area contributed by atoms with Gasteiger partial charge in [-0.2, -0.15) is 18.4 Å². The summed E-state index contributed by atoms with van der Waals surface area (Å²) in [7, 11) is 0. The molecule has 0 saturated heterocycles. The molecular formula is C11H7F4NO2S. The van der Waals surface area contributed by atoms with Gasteiger partial charge in [-0.15, -0.1) is 0 Å². The maximum Gasteiger partial charge on any atom is 0.446 e. The largest absolute Gasteiger partial charge is 0.462 e. The lowest BCUT2D eigenvalue weighted by Crippen LogP contribution is -2.10. The average molecular weight is 293 g/mol. The lowest BCUT2D eigenvalue weighted by atomic mass is 10.1. The Kier molecular flexibility index (Phi) is 4.78. The van der Waals surface area contributed by atoms with Crippen LogP contribution in [0.4, 0.5) is 17.6 Å². The minimum absolute atomic E-state index is 0.0111. The van der Waals surface area contributed by atoms with Crippen LogP contribution in [-0.4, -0.2) is 18.1 Å². The molecule has 0 radical (unpaired) electrons. The highest BCUT2D eigenvalue weighted by Crippen LogP contribution is 2.40. The molecule has 0 aliphatic heterocycles. The van der Waals surface area contributed by atoms with E-state index in [4.69, 9.17) is 5.26 Å². The molecule has 1 aromatic rings. The van der Waals surface area contributed by atoms with Crippen LogP contribution in [0.15, 0.2) is 17.0 Å². The molecule has 0 fully saturated rings. The summed E-state index contributed by atoms with van der Waals surface area (Å²) in [4.78, 5) is 10.5. The molecule has 1 rings (SSSR count). The molecule has 0 amide bonds. The molecule has 0 heterocycles. The van der Waals surface area contributed by atoms with Crippen molar-refractivity contribution in [1.29, 1.82) is 5.26 Å². The fraction of sp³-hybridized carbons (Fsp3) is 0.273. The third kappa shape index (κ3) is 3.86. The summed E-state index contributed by atoms with van der Waals surface area (Å²) in [6.45, 7) is 1.49. The Balaban J connectivity index is 3.34. The maximum atomic E-state index is 13.4. The normalized spacial score (nSPS) is 10.9. The predicted molar refractivity (Wildman–Crippen MR) is 59.0 cm³/mol. The van der Waals surface area contributed by atoms with Crippen LogP contribution in [0.5, 0.6) is 0 Å². The standard InChI is InChI=1S/C11H7F4NO2S/c1-2-18-10(17)6-3-4-8(12)9(7(6)5-16)19-11(13,14)15/h3-4H,2H2,1H3. The number of carbonyl (C=O) groups is 1.